The van der Waals surface area contributed by atoms with Gasteiger partial charge in [0.15, 0.2) is 12.2 Å². The number of unbranched alkanes of at least 4 members (excludes halogenated alkanes) is 39. The summed E-state index contributed by atoms with van der Waals surface area (Å²) in [5.41, 5.74) is 0. The van der Waals surface area contributed by atoms with E-state index in [4.69, 9.17) is 37.0 Å². The van der Waals surface area contributed by atoms with Gasteiger partial charge in [0.1, 0.15) is 19.3 Å². The zero-order chi connectivity index (χ0) is 67.7. The van der Waals surface area contributed by atoms with Crippen LogP contribution >= 0.6 is 15.6 Å². The topological polar surface area (TPSA) is 237 Å². The summed E-state index contributed by atoms with van der Waals surface area (Å²) >= 11 is 0. The van der Waals surface area contributed by atoms with Crippen LogP contribution in [0.15, 0.2) is 24.3 Å². The molecule has 92 heavy (non-hydrogen) atoms. The van der Waals surface area contributed by atoms with Gasteiger partial charge in [-0.25, -0.2) is 9.13 Å². The van der Waals surface area contributed by atoms with E-state index in [1.54, 1.807) is 0 Å². The first-order valence-corrected chi connectivity index (χ1v) is 40.5. The second-order valence-corrected chi connectivity index (χ2v) is 28.8. The largest absolute Gasteiger partial charge is 0.472 e. The molecule has 17 nitrogen and oxygen atoms in total. The van der Waals surface area contributed by atoms with Gasteiger partial charge in [-0.3, -0.25) is 37.3 Å². The fourth-order valence-electron chi connectivity index (χ4n) is 10.6. The molecule has 0 radical (unpaired) electrons. The highest BCUT2D eigenvalue weighted by atomic mass is 31.2. The summed E-state index contributed by atoms with van der Waals surface area (Å²) in [4.78, 5) is 72.6. The highest BCUT2D eigenvalue weighted by Crippen LogP contribution is 2.45. The Hall–Kier alpha value is -2.46. The molecule has 0 saturated heterocycles. The van der Waals surface area contributed by atoms with Gasteiger partial charge >= 0.3 is 39.5 Å². The van der Waals surface area contributed by atoms with Gasteiger partial charge in [0.25, 0.3) is 0 Å². The van der Waals surface area contributed by atoms with Gasteiger partial charge in [0.2, 0.25) is 0 Å². The van der Waals surface area contributed by atoms with Crippen LogP contribution in [0.1, 0.15) is 356 Å². The van der Waals surface area contributed by atoms with Gasteiger partial charge in [-0.05, 0) is 57.3 Å². The van der Waals surface area contributed by atoms with Crippen LogP contribution < -0.4 is 0 Å². The van der Waals surface area contributed by atoms with E-state index in [9.17, 15) is 43.2 Å². The number of esters is 4. The van der Waals surface area contributed by atoms with Crippen molar-refractivity contribution in [3.05, 3.63) is 24.3 Å². The molecule has 0 fully saturated rings. The van der Waals surface area contributed by atoms with E-state index in [1.165, 1.54) is 161 Å². The van der Waals surface area contributed by atoms with Crippen molar-refractivity contribution in [2.24, 2.45) is 5.92 Å². The van der Waals surface area contributed by atoms with Crippen molar-refractivity contribution >= 4 is 39.5 Å². The van der Waals surface area contributed by atoms with Crippen molar-refractivity contribution in [2.75, 3.05) is 39.6 Å². The first-order valence-electron chi connectivity index (χ1n) is 37.5. The van der Waals surface area contributed by atoms with Crippen molar-refractivity contribution in [3.63, 3.8) is 0 Å². The Morgan fingerprint density at radius 2 is 0.609 bits per heavy atom. The summed E-state index contributed by atoms with van der Waals surface area (Å²) in [5.74, 6) is -1.35. The number of carbonyl (C=O) groups excluding carboxylic acids is 4. The maximum absolute atomic E-state index is 13.0. The average Bonchev–Trinajstić information content (AvgIpc) is 1.64. The Morgan fingerprint density at radius 3 is 0.924 bits per heavy atom. The summed E-state index contributed by atoms with van der Waals surface area (Å²) < 4.78 is 68.3. The van der Waals surface area contributed by atoms with E-state index in [0.29, 0.717) is 25.7 Å². The van der Waals surface area contributed by atoms with Crippen molar-refractivity contribution in [1.82, 2.24) is 0 Å². The molecule has 0 aliphatic rings. The predicted molar refractivity (Wildman–Crippen MR) is 372 cm³/mol. The highest BCUT2D eigenvalue weighted by Gasteiger charge is 2.30. The minimum Gasteiger partial charge on any atom is -0.462 e. The Kier molecular flexibility index (Phi) is 64.0. The number of phosphoric ester groups is 2. The van der Waals surface area contributed by atoms with E-state index >= 15 is 0 Å². The van der Waals surface area contributed by atoms with Gasteiger partial charge < -0.3 is 33.8 Å². The summed E-state index contributed by atoms with van der Waals surface area (Å²) in [5, 5.41) is 10.6. The van der Waals surface area contributed by atoms with Crippen LogP contribution in [0.2, 0.25) is 0 Å². The SMILES string of the molecule is CCCCCC/C=C\C=C/CCCCCCCC(=O)O[C@H](COC(=O)CCCCCCCCCCCCCCCCC)COP(=O)(O)OC[C@@H](O)COP(=O)(O)OC[C@@H](COC(=O)CCCCCCCCCC)OC(=O)CCCCCCCCCCCCC(C)CC. The minimum absolute atomic E-state index is 0.0856. The zero-order valence-corrected chi connectivity index (χ0v) is 61.0. The molecule has 542 valence electrons. The molecule has 0 aliphatic carbocycles. The first kappa shape index (κ1) is 89.5. The fourth-order valence-corrected chi connectivity index (χ4v) is 12.2. The third kappa shape index (κ3) is 64.9. The molecule has 0 spiro atoms. The monoisotopic (exact) mass is 1350 g/mol. The molecular weight excluding hydrogens is 1210 g/mol. The normalized spacial score (nSPS) is 14.5. The Labute approximate surface area is 561 Å². The molecule has 3 unspecified atom stereocenters. The van der Waals surface area contributed by atoms with Crippen molar-refractivity contribution in [2.45, 2.75) is 374 Å². The van der Waals surface area contributed by atoms with Crippen LogP contribution in [0.5, 0.6) is 0 Å². The lowest BCUT2D eigenvalue weighted by molar-refractivity contribution is -0.161. The van der Waals surface area contributed by atoms with Crippen molar-refractivity contribution in [1.29, 1.82) is 0 Å². The standard InChI is InChI=1S/C73H138O17P2/c1-6-10-13-16-19-22-24-26-28-30-32-37-42-47-52-57-71(76)84-63-69(90-72(77)58-53-48-43-38-33-31-29-27-25-23-20-17-14-11-7-2)65-88-92(81,82)86-61-67(74)60-85-91(79,80)87-64-68(62-83-70(75)56-51-46-41-21-18-15-12-8-3)89-73(78)59-54-49-44-39-35-34-36-40-45-50-55-66(5)9-4/h23,25,27,29,66-69,74H,6-22,24,26,28,30-65H2,1-5H3,(H,79,80)(H,81,82)/b25-23-,29-27-/t66?,67-,68+,69+/m0/s1. The van der Waals surface area contributed by atoms with E-state index in [0.717, 1.165) is 115 Å². The van der Waals surface area contributed by atoms with Crippen LogP contribution in [0.3, 0.4) is 0 Å². The molecule has 0 rings (SSSR count). The lowest BCUT2D eigenvalue weighted by Crippen LogP contribution is -2.30. The smallest absolute Gasteiger partial charge is 0.462 e. The predicted octanol–water partition coefficient (Wildman–Crippen LogP) is 20.9. The summed E-state index contributed by atoms with van der Waals surface area (Å²) in [6.07, 6.45) is 56.2. The number of rotatable bonds is 71. The lowest BCUT2D eigenvalue weighted by Gasteiger charge is -2.21. The van der Waals surface area contributed by atoms with Crippen LogP contribution in [-0.2, 0) is 65.4 Å². The van der Waals surface area contributed by atoms with Gasteiger partial charge in [0.05, 0.1) is 26.4 Å². The summed E-state index contributed by atoms with van der Waals surface area (Å²) in [7, 11) is -9.91. The second kappa shape index (κ2) is 65.8. The van der Waals surface area contributed by atoms with Gasteiger partial charge in [-0.1, -0.05) is 303 Å². The maximum Gasteiger partial charge on any atom is 0.472 e. The first-order chi connectivity index (χ1) is 44.6. The molecule has 6 atom stereocenters. The quantitative estimate of drug-likeness (QED) is 0.0169. The molecule has 0 aromatic rings. The molecule has 0 aromatic carbocycles. The molecule has 0 heterocycles. The summed E-state index contributed by atoms with van der Waals surface area (Å²) in [6, 6.07) is 0. The highest BCUT2D eigenvalue weighted by molar-refractivity contribution is 7.47. The van der Waals surface area contributed by atoms with Crippen LogP contribution in [0.4, 0.5) is 0 Å². The Bertz CT molecular complexity index is 1870. The number of carbonyl (C=O) groups is 4. The van der Waals surface area contributed by atoms with Gasteiger partial charge in [-0.15, -0.1) is 0 Å². The molecule has 19 heteroatoms. The van der Waals surface area contributed by atoms with Crippen LogP contribution in [0.25, 0.3) is 0 Å². The van der Waals surface area contributed by atoms with E-state index < -0.39 is 97.5 Å². The molecule has 0 aromatic heterocycles. The number of allylic oxidation sites excluding steroid dienone is 4. The van der Waals surface area contributed by atoms with E-state index in [2.05, 4.69) is 58.9 Å². The fraction of sp³-hybridized carbons (Fsp3) is 0.890. The molecule has 0 aliphatic heterocycles. The van der Waals surface area contributed by atoms with Crippen LogP contribution in [-0.4, -0.2) is 96.7 Å². The number of aliphatic hydroxyl groups excluding tert-OH is 1. The van der Waals surface area contributed by atoms with Gasteiger partial charge in [0, 0.05) is 25.7 Å². The van der Waals surface area contributed by atoms with E-state index in [1.807, 2.05) is 0 Å². The van der Waals surface area contributed by atoms with E-state index in [-0.39, 0.29) is 25.7 Å². The summed E-state index contributed by atoms with van der Waals surface area (Å²) in [6.45, 7) is 7.20. The molecule has 0 amide bonds. The third-order valence-electron chi connectivity index (χ3n) is 16.8. The molecular formula is C73H138O17P2. The van der Waals surface area contributed by atoms with Crippen molar-refractivity contribution in [3.8, 4) is 0 Å². The maximum atomic E-state index is 13.0. The number of hydrogen-bond acceptors (Lipinski definition) is 15. The number of aliphatic hydroxyl groups is 1. The molecule has 0 bridgehead atoms. The molecule has 0 saturated carbocycles. The third-order valence-corrected chi connectivity index (χ3v) is 18.7. The lowest BCUT2D eigenvalue weighted by atomic mass is 9.99. The Balaban J connectivity index is 5.26. The van der Waals surface area contributed by atoms with Crippen LogP contribution in [0, 0.1) is 5.92 Å². The minimum atomic E-state index is -4.96. The second-order valence-electron chi connectivity index (χ2n) is 25.9. The Morgan fingerprint density at radius 1 is 0.348 bits per heavy atom. The number of hydrogen-bond donors (Lipinski definition) is 3. The average molecular weight is 1350 g/mol. The number of ether oxygens (including phenoxy) is 4. The molecule has 3 N–H and O–H groups in total. The van der Waals surface area contributed by atoms with Gasteiger partial charge in [-0.2, -0.15) is 0 Å². The zero-order valence-electron chi connectivity index (χ0n) is 59.2. The van der Waals surface area contributed by atoms with Crippen molar-refractivity contribution < 1.29 is 80.2 Å². The number of phosphoric acid groups is 2.